The lowest BCUT2D eigenvalue weighted by atomic mass is 10.0. The molecule has 2 aromatic carbocycles. The van der Waals surface area contributed by atoms with Gasteiger partial charge in [0.15, 0.2) is 11.5 Å². The lowest BCUT2D eigenvalue weighted by Gasteiger charge is -2.19. The Hall–Kier alpha value is -2.80. The highest BCUT2D eigenvalue weighted by Gasteiger charge is 2.21. The third-order valence-corrected chi connectivity index (χ3v) is 4.43. The summed E-state index contributed by atoms with van der Waals surface area (Å²) in [6.07, 6.45) is 1.63. The summed E-state index contributed by atoms with van der Waals surface area (Å²) in [4.78, 5) is 24.6. The van der Waals surface area contributed by atoms with Crippen LogP contribution in [0.15, 0.2) is 59.6 Å². The van der Waals surface area contributed by atoms with Gasteiger partial charge < -0.3 is 19.5 Å². The minimum absolute atomic E-state index is 0.0103. The first-order valence-electron chi connectivity index (χ1n) is 8.53. The monoisotopic (exact) mass is 447 g/mol. The van der Waals surface area contributed by atoms with Crippen LogP contribution in [0, 0.1) is 0 Å². The van der Waals surface area contributed by atoms with E-state index in [0.717, 1.165) is 10.0 Å². The van der Waals surface area contributed by atoms with E-state index >= 15 is 0 Å². The van der Waals surface area contributed by atoms with Crippen molar-refractivity contribution in [2.45, 2.75) is 12.5 Å². The average Bonchev–Trinajstić information content (AvgIpc) is 2.71. The van der Waals surface area contributed by atoms with Crippen molar-refractivity contribution in [3.05, 3.63) is 70.7 Å². The van der Waals surface area contributed by atoms with Crippen LogP contribution >= 0.6 is 15.9 Å². The Bertz CT molecular complexity index is 852. The Morgan fingerprint density at radius 2 is 1.96 bits per heavy atom. The number of hydrogen-bond acceptors (Lipinski definition) is 5. The van der Waals surface area contributed by atoms with Gasteiger partial charge in [0.25, 0.3) is 5.91 Å². The number of ether oxygens (including phenoxy) is 3. The molecule has 1 atom stereocenters. The highest BCUT2D eigenvalue weighted by Crippen LogP contribution is 2.29. The zero-order chi connectivity index (χ0) is 20.5. The fourth-order valence-electron chi connectivity index (χ4n) is 2.54. The van der Waals surface area contributed by atoms with Crippen LogP contribution < -0.4 is 14.8 Å². The topological polar surface area (TPSA) is 73.9 Å². The summed E-state index contributed by atoms with van der Waals surface area (Å²) >= 11 is 3.41. The van der Waals surface area contributed by atoms with Crippen molar-refractivity contribution in [3.63, 3.8) is 0 Å². The molecule has 6 nitrogen and oxygen atoms in total. The van der Waals surface area contributed by atoms with Crippen molar-refractivity contribution in [1.82, 2.24) is 5.32 Å². The molecular weight excluding hydrogens is 426 g/mol. The van der Waals surface area contributed by atoms with Crippen LogP contribution in [0.2, 0.25) is 0 Å². The molecular formula is C21H22BrNO5. The minimum atomic E-state index is -0.542. The van der Waals surface area contributed by atoms with Crippen LogP contribution in [0.1, 0.15) is 28.4 Å². The molecule has 1 amide bonds. The molecule has 0 aromatic heterocycles. The first-order valence-corrected chi connectivity index (χ1v) is 9.32. The Kier molecular flexibility index (Phi) is 8.07. The van der Waals surface area contributed by atoms with E-state index in [1.807, 2.05) is 24.3 Å². The molecule has 0 heterocycles. The lowest BCUT2D eigenvalue weighted by molar-refractivity contribution is -0.141. The number of hydrogen-bond donors (Lipinski definition) is 1. The molecule has 1 N–H and O–H groups in total. The van der Waals surface area contributed by atoms with Gasteiger partial charge in [-0.2, -0.15) is 0 Å². The smallest absolute Gasteiger partial charge is 0.307 e. The van der Waals surface area contributed by atoms with Crippen LogP contribution in [0.4, 0.5) is 0 Å². The molecule has 1 unspecified atom stereocenters. The number of rotatable bonds is 9. The zero-order valence-corrected chi connectivity index (χ0v) is 17.3. The largest absolute Gasteiger partial charge is 0.493 e. The van der Waals surface area contributed by atoms with Crippen LogP contribution in [0.5, 0.6) is 11.5 Å². The van der Waals surface area contributed by atoms with Gasteiger partial charge in [-0.1, -0.05) is 40.7 Å². The van der Waals surface area contributed by atoms with Crippen molar-refractivity contribution in [1.29, 1.82) is 0 Å². The summed E-state index contributed by atoms with van der Waals surface area (Å²) in [7, 11) is 2.81. The fourth-order valence-corrected chi connectivity index (χ4v) is 2.96. The van der Waals surface area contributed by atoms with Gasteiger partial charge in [0.1, 0.15) is 6.61 Å². The fraction of sp³-hybridized carbons (Fsp3) is 0.238. The predicted molar refractivity (Wildman–Crippen MR) is 110 cm³/mol. The molecule has 0 saturated heterocycles. The van der Waals surface area contributed by atoms with E-state index in [0.29, 0.717) is 23.7 Å². The molecule has 0 aliphatic rings. The first-order chi connectivity index (χ1) is 13.5. The van der Waals surface area contributed by atoms with Gasteiger partial charge in [0, 0.05) is 10.0 Å². The van der Waals surface area contributed by atoms with Gasteiger partial charge in [-0.3, -0.25) is 9.59 Å². The number of methoxy groups -OCH3 is 2. The number of carbonyl (C=O) groups is 2. The Labute approximate surface area is 172 Å². The van der Waals surface area contributed by atoms with Crippen molar-refractivity contribution >= 4 is 27.8 Å². The SMILES string of the molecule is C=CCOc1ccc(C(=O)NC(CC(=O)OC)c2cccc(Br)c2)cc1OC. The van der Waals surface area contributed by atoms with E-state index in [1.54, 1.807) is 24.3 Å². The summed E-state index contributed by atoms with van der Waals surface area (Å²) in [5.41, 5.74) is 1.17. The van der Waals surface area contributed by atoms with Crippen LogP contribution in [0.3, 0.4) is 0 Å². The number of benzene rings is 2. The standard InChI is InChI=1S/C21H22BrNO5/c1-4-10-28-18-9-8-15(12-19(18)26-2)21(25)23-17(13-20(24)27-3)14-6-5-7-16(22)11-14/h4-9,11-12,17H,1,10,13H2,2-3H3,(H,23,25). The van der Waals surface area contributed by atoms with Crippen LogP contribution in [0.25, 0.3) is 0 Å². The predicted octanol–water partition coefficient (Wildman–Crippen LogP) is 4.06. The number of nitrogens with one attached hydrogen (secondary N) is 1. The van der Waals surface area contributed by atoms with E-state index in [1.165, 1.54) is 14.2 Å². The molecule has 7 heteroatoms. The zero-order valence-electron chi connectivity index (χ0n) is 15.7. The summed E-state index contributed by atoms with van der Waals surface area (Å²) in [6, 6.07) is 11.7. The van der Waals surface area contributed by atoms with E-state index in [2.05, 4.69) is 27.8 Å². The molecule has 2 rings (SSSR count). The van der Waals surface area contributed by atoms with Gasteiger partial charge >= 0.3 is 5.97 Å². The number of halogens is 1. The van der Waals surface area contributed by atoms with E-state index in [9.17, 15) is 9.59 Å². The maximum absolute atomic E-state index is 12.8. The molecule has 2 aromatic rings. The molecule has 0 radical (unpaired) electrons. The third kappa shape index (κ3) is 5.85. The highest BCUT2D eigenvalue weighted by atomic mass is 79.9. The highest BCUT2D eigenvalue weighted by molar-refractivity contribution is 9.10. The van der Waals surface area contributed by atoms with Crippen molar-refractivity contribution in [3.8, 4) is 11.5 Å². The normalized spacial score (nSPS) is 11.2. The summed E-state index contributed by atoms with van der Waals surface area (Å²) in [5.74, 6) is 0.178. The van der Waals surface area contributed by atoms with Crippen molar-refractivity contribution in [2.75, 3.05) is 20.8 Å². The first kappa shape index (κ1) is 21.5. The second kappa shape index (κ2) is 10.5. The maximum Gasteiger partial charge on any atom is 0.307 e. The van der Waals surface area contributed by atoms with Gasteiger partial charge in [0.05, 0.1) is 26.7 Å². The Morgan fingerprint density at radius 1 is 1.18 bits per heavy atom. The van der Waals surface area contributed by atoms with Gasteiger partial charge in [-0.15, -0.1) is 0 Å². The molecule has 148 valence electrons. The Balaban J connectivity index is 2.24. The molecule has 0 fully saturated rings. The number of esters is 1. The Morgan fingerprint density at radius 3 is 2.61 bits per heavy atom. The summed E-state index contributed by atoms with van der Waals surface area (Å²) in [6.45, 7) is 3.93. The quantitative estimate of drug-likeness (QED) is 0.463. The summed E-state index contributed by atoms with van der Waals surface area (Å²) < 4.78 is 16.4. The summed E-state index contributed by atoms with van der Waals surface area (Å²) in [5, 5.41) is 2.88. The lowest BCUT2D eigenvalue weighted by Crippen LogP contribution is -2.30. The maximum atomic E-state index is 12.8. The van der Waals surface area contributed by atoms with Gasteiger partial charge in [-0.25, -0.2) is 0 Å². The van der Waals surface area contributed by atoms with Crippen molar-refractivity contribution in [2.24, 2.45) is 0 Å². The molecule has 0 saturated carbocycles. The molecule has 0 spiro atoms. The average molecular weight is 448 g/mol. The van der Waals surface area contributed by atoms with E-state index in [-0.39, 0.29) is 12.3 Å². The van der Waals surface area contributed by atoms with Crippen LogP contribution in [-0.2, 0) is 9.53 Å². The molecule has 28 heavy (non-hydrogen) atoms. The second-order valence-corrected chi connectivity index (χ2v) is 6.74. The number of carbonyl (C=O) groups excluding carboxylic acids is 2. The third-order valence-electron chi connectivity index (χ3n) is 3.94. The second-order valence-electron chi connectivity index (χ2n) is 5.83. The van der Waals surface area contributed by atoms with Gasteiger partial charge in [-0.05, 0) is 35.9 Å². The van der Waals surface area contributed by atoms with Crippen molar-refractivity contribution < 1.29 is 23.8 Å². The molecule has 0 bridgehead atoms. The minimum Gasteiger partial charge on any atom is -0.493 e. The van der Waals surface area contributed by atoms with E-state index in [4.69, 9.17) is 14.2 Å². The van der Waals surface area contributed by atoms with E-state index < -0.39 is 12.0 Å². The number of amides is 1. The molecule has 0 aliphatic carbocycles. The molecule has 0 aliphatic heterocycles. The van der Waals surface area contributed by atoms with Crippen LogP contribution in [-0.4, -0.2) is 32.7 Å². The van der Waals surface area contributed by atoms with Gasteiger partial charge in [0.2, 0.25) is 0 Å².